The van der Waals surface area contributed by atoms with E-state index in [1.54, 1.807) is 44.4 Å². The minimum Gasteiger partial charge on any atom is -0.399 e. The molecule has 2 aromatic rings. The Kier molecular flexibility index (Phi) is 4.06. The lowest BCUT2D eigenvalue weighted by atomic mass is 10.2. The molecule has 20 heavy (non-hydrogen) atoms. The Bertz CT molecular complexity index is 700. The summed E-state index contributed by atoms with van der Waals surface area (Å²) in [5, 5.41) is 0. The van der Waals surface area contributed by atoms with Gasteiger partial charge in [-0.3, -0.25) is 4.98 Å². The topological polar surface area (TPSA) is 85.1 Å². The maximum Gasteiger partial charge on any atom is 0.241 e. The Morgan fingerprint density at radius 3 is 2.65 bits per heavy atom. The van der Waals surface area contributed by atoms with Gasteiger partial charge in [0.15, 0.2) is 0 Å². The molecule has 0 aliphatic rings. The van der Waals surface area contributed by atoms with Crippen molar-refractivity contribution in [3.05, 3.63) is 53.9 Å². The number of pyridine rings is 1. The summed E-state index contributed by atoms with van der Waals surface area (Å²) in [4.78, 5) is 4.19. The van der Waals surface area contributed by atoms with E-state index in [4.69, 9.17) is 5.73 Å². The van der Waals surface area contributed by atoms with Crippen LogP contribution in [-0.2, 0) is 10.0 Å². The second-order valence-electron chi connectivity index (χ2n) is 4.65. The van der Waals surface area contributed by atoms with Crippen molar-refractivity contribution in [2.75, 3.05) is 5.73 Å². The number of hydrogen-bond donors (Lipinski definition) is 2. The van der Waals surface area contributed by atoms with Crippen LogP contribution in [-0.4, -0.2) is 13.4 Å². The molecule has 5 nitrogen and oxygen atoms in total. The van der Waals surface area contributed by atoms with E-state index in [2.05, 4.69) is 9.71 Å². The monoisotopic (exact) mass is 291 g/mol. The smallest absolute Gasteiger partial charge is 0.241 e. The van der Waals surface area contributed by atoms with Gasteiger partial charge in [0.25, 0.3) is 0 Å². The van der Waals surface area contributed by atoms with Crippen molar-refractivity contribution in [3.63, 3.8) is 0 Å². The highest BCUT2D eigenvalue weighted by atomic mass is 32.2. The van der Waals surface area contributed by atoms with Crippen molar-refractivity contribution < 1.29 is 8.42 Å². The van der Waals surface area contributed by atoms with E-state index in [-0.39, 0.29) is 10.9 Å². The number of anilines is 1. The number of aromatic nitrogens is 1. The molecule has 0 amide bonds. The molecule has 0 radical (unpaired) electrons. The fourth-order valence-corrected chi connectivity index (χ4v) is 3.13. The molecule has 6 heteroatoms. The third-order valence-electron chi connectivity index (χ3n) is 3.07. The normalized spacial score (nSPS) is 13.1. The zero-order chi connectivity index (χ0) is 14.8. The molecule has 3 N–H and O–H groups in total. The van der Waals surface area contributed by atoms with Crippen LogP contribution in [0.4, 0.5) is 5.69 Å². The van der Waals surface area contributed by atoms with E-state index in [0.717, 1.165) is 11.1 Å². The van der Waals surface area contributed by atoms with Crippen LogP contribution in [0.25, 0.3) is 0 Å². The summed E-state index contributed by atoms with van der Waals surface area (Å²) in [6.45, 7) is 3.55. The van der Waals surface area contributed by atoms with Crippen LogP contribution in [0.2, 0.25) is 0 Å². The minimum atomic E-state index is -3.58. The van der Waals surface area contributed by atoms with Gasteiger partial charge in [0.1, 0.15) is 0 Å². The Balaban J connectivity index is 2.25. The van der Waals surface area contributed by atoms with E-state index >= 15 is 0 Å². The second-order valence-corrected chi connectivity index (χ2v) is 6.36. The van der Waals surface area contributed by atoms with E-state index in [1.165, 1.54) is 6.07 Å². The predicted molar refractivity (Wildman–Crippen MR) is 78.6 cm³/mol. The van der Waals surface area contributed by atoms with Gasteiger partial charge in [0.05, 0.1) is 4.90 Å². The van der Waals surface area contributed by atoms with Gasteiger partial charge < -0.3 is 5.73 Å². The third-order valence-corrected chi connectivity index (χ3v) is 4.61. The van der Waals surface area contributed by atoms with Crippen molar-refractivity contribution in [1.82, 2.24) is 9.71 Å². The zero-order valence-electron chi connectivity index (χ0n) is 11.4. The molecule has 0 fully saturated rings. The van der Waals surface area contributed by atoms with E-state index in [0.29, 0.717) is 5.69 Å². The van der Waals surface area contributed by atoms with Crippen molar-refractivity contribution >= 4 is 15.7 Å². The predicted octanol–water partition coefficient (Wildman–Crippen LogP) is 2.01. The molecule has 2 rings (SSSR count). The number of sulfonamides is 1. The second kappa shape index (κ2) is 5.60. The largest absolute Gasteiger partial charge is 0.399 e. The molecule has 0 saturated carbocycles. The number of nitrogens with one attached hydrogen (secondary N) is 1. The first kappa shape index (κ1) is 14.5. The maximum absolute atomic E-state index is 12.3. The van der Waals surface area contributed by atoms with Gasteiger partial charge in [-0.25, -0.2) is 13.1 Å². The Morgan fingerprint density at radius 2 is 2.05 bits per heavy atom. The summed E-state index contributed by atoms with van der Waals surface area (Å²) >= 11 is 0. The highest BCUT2D eigenvalue weighted by Crippen LogP contribution is 2.19. The van der Waals surface area contributed by atoms with Crippen molar-refractivity contribution in [1.29, 1.82) is 0 Å². The fraction of sp³-hybridized carbons (Fsp3) is 0.214. The first-order chi connectivity index (χ1) is 9.40. The van der Waals surface area contributed by atoms with Gasteiger partial charge in [-0.1, -0.05) is 6.07 Å². The number of nitrogens with two attached hydrogens (primary N) is 1. The summed E-state index contributed by atoms with van der Waals surface area (Å²) in [6, 6.07) is 7.90. The molecule has 1 aromatic carbocycles. The maximum atomic E-state index is 12.3. The average molecular weight is 291 g/mol. The molecule has 106 valence electrons. The van der Waals surface area contributed by atoms with E-state index in [1.807, 2.05) is 6.07 Å². The summed E-state index contributed by atoms with van der Waals surface area (Å²) in [7, 11) is -3.58. The van der Waals surface area contributed by atoms with Crippen LogP contribution in [0, 0.1) is 6.92 Å². The molecule has 0 aliphatic carbocycles. The van der Waals surface area contributed by atoms with Gasteiger partial charge >= 0.3 is 0 Å². The van der Waals surface area contributed by atoms with E-state index in [9.17, 15) is 8.42 Å². The highest BCUT2D eigenvalue weighted by Gasteiger charge is 2.18. The molecule has 0 spiro atoms. The summed E-state index contributed by atoms with van der Waals surface area (Å²) in [5.41, 5.74) is 7.82. The molecule has 1 aromatic heterocycles. The average Bonchev–Trinajstić information content (AvgIpc) is 2.42. The Morgan fingerprint density at radius 1 is 1.30 bits per heavy atom. The number of nitrogens with zero attached hydrogens (tertiary/aromatic N) is 1. The third kappa shape index (κ3) is 3.15. The van der Waals surface area contributed by atoms with Gasteiger partial charge in [-0.15, -0.1) is 0 Å². The van der Waals surface area contributed by atoms with Crippen molar-refractivity contribution in [2.45, 2.75) is 24.8 Å². The number of aryl methyl sites for hydroxylation is 1. The molecule has 1 heterocycles. The summed E-state index contributed by atoms with van der Waals surface area (Å²) < 4.78 is 27.2. The quantitative estimate of drug-likeness (QED) is 0.844. The number of nitrogen functional groups attached to an aromatic ring is 1. The number of hydrogen-bond acceptors (Lipinski definition) is 4. The van der Waals surface area contributed by atoms with Crippen LogP contribution in [0.15, 0.2) is 47.6 Å². The number of benzene rings is 1. The van der Waals surface area contributed by atoms with Crippen LogP contribution in [0.5, 0.6) is 0 Å². The molecule has 0 saturated heterocycles. The van der Waals surface area contributed by atoms with Crippen molar-refractivity contribution in [3.8, 4) is 0 Å². The van der Waals surface area contributed by atoms with Crippen molar-refractivity contribution in [2.24, 2.45) is 0 Å². The Labute approximate surface area is 118 Å². The Hall–Kier alpha value is -1.92. The van der Waals surface area contributed by atoms with Gasteiger partial charge in [0.2, 0.25) is 10.0 Å². The number of rotatable bonds is 4. The summed E-state index contributed by atoms with van der Waals surface area (Å²) in [5.74, 6) is 0. The standard InChI is InChI=1S/C14H17N3O2S/c1-10-8-13(5-6-14(10)15)20(18,19)17-11(2)12-4-3-7-16-9-12/h3-9,11,17H,15H2,1-2H3. The molecule has 1 unspecified atom stereocenters. The van der Waals surface area contributed by atoms with Gasteiger partial charge in [0, 0.05) is 24.1 Å². The first-order valence-electron chi connectivity index (χ1n) is 6.18. The molecular weight excluding hydrogens is 274 g/mol. The van der Waals surface area contributed by atoms with Gasteiger partial charge in [-0.2, -0.15) is 0 Å². The molecule has 1 atom stereocenters. The van der Waals surface area contributed by atoms with Gasteiger partial charge in [-0.05, 0) is 49.2 Å². The zero-order valence-corrected chi connectivity index (χ0v) is 12.2. The minimum absolute atomic E-state index is 0.208. The molecule has 0 aliphatic heterocycles. The van der Waals surface area contributed by atoms with Crippen LogP contribution < -0.4 is 10.5 Å². The highest BCUT2D eigenvalue weighted by molar-refractivity contribution is 7.89. The SMILES string of the molecule is Cc1cc(S(=O)(=O)NC(C)c2cccnc2)ccc1N. The van der Waals surface area contributed by atoms with Crippen LogP contribution in [0.1, 0.15) is 24.1 Å². The first-order valence-corrected chi connectivity index (χ1v) is 7.67. The van der Waals surface area contributed by atoms with Crippen LogP contribution >= 0.6 is 0 Å². The lowest BCUT2D eigenvalue weighted by molar-refractivity contribution is 0.566. The molecule has 0 bridgehead atoms. The summed E-state index contributed by atoms with van der Waals surface area (Å²) in [6.07, 6.45) is 3.29. The lowest BCUT2D eigenvalue weighted by Gasteiger charge is -2.14. The van der Waals surface area contributed by atoms with Crippen LogP contribution in [0.3, 0.4) is 0 Å². The fourth-order valence-electron chi connectivity index (χ4n) is 1.82. The molecular formula is C14H17N3O2S. The lowest BCUT2D eigenvalue weighted by Crippen LogP contribution is -2.27. The van der Waals surface area contributed by atoms with E-state index < -0.39 is 10.0 Å².